The smallest absolute Gasteiger partial charge is 0.229 e. The quantitative estimate of drug-likeness (QED) is 0.473. The number of nitrogens with one attached hydrogen (secondary N) is 2. The standard InChI is InChI=1S/C21H18ClN5/c1-13-12-19(25-17-9-4-8-16(22)14(17)2)27-21(24-13)26-18-10-3-6-15-7-5-11-23-20(15)18/h3-12H,1-2H3,(H2,24,25,26,27). The number of aromatic nitrogens is 3. The molecular formula is C21H18ClN5. The molecule has 5 nitrogen and oxygen atoms in total. The van der Waals surface area contributed by atoms with E-state index >= 15 is 0 Å². The molecule has 6 heteroatoms. The van der Waals surface area contributed by atoms with E-state index in [1.165, 1.54) is 0 Å². The average molecular weight is 376 g/mol. The summed E-state index contributed by atoms with van der Waals surface area (Å²) in [4.78, 5) is 13.6. The summed E-state index contributed by atoms with van der Waals surface area (Å²) in [5.41, 5.74) is 4.48. The molecule has 0 saturated carbocycles. The number of anilines is 4. The van der Waals surface area contributed by atoms with Crippen molar-refractivity contribution in [3.05, 3.63) is 77.1 Å². The van der Waals surface area contributed by atoms with Gasteiger partial charge >= 0.3 is 0 Å². The van der Waals surface area contributed by atoms with Gasteiger partial charge in [0.15, 0.2) is 0 Å². The fourth-order valence-electron chi connectivity index (χ4n) is 2.89. The second kappa shape index (κ2) is 7.21. The number of aryl methyl sites for hydroxylation is 1. The van der Waals surface area contributed by atoms with Gasteiger partial charge in [-0.3, -0.25) is 4.98 Å². The molecule has 2 heterocycles. The molecule has 4 aromatic rings. The van der Waals surface area contributed by atoms with Crippen molar-refractivity contribution in [1.82, 2.24) is 15.0 Å². The zero-order chi connectivity index (χ0) is 18.8. The number of halogens is 1. The van der Waals surface area contributed by atoms with Crippen LogP contribution in [-0.4, -0.2) is 15.0 Å². The fourth-order valence-corrected chi connectivity index (χ4v) is 3.07. The molecule has 0 unspecified atom stereocenters. The van der Waals surface area contributed by atoms with Crippen molar-refractivity contribution in [2.24, 2.45) is 0 Å². The van der Waals surface area contributed by atoms with Crippen molar-refractivity contribution in [1.29, 1.82) is 0 Å². The summed E-state index contributed by atoms with van der Waals surface area (Å²) in [6.45, 7) is 3.91. The van der Waals surface area contributed by atoms with Gasteiger partial charge in [-0.1, -0.05) is 35.9 Å². The first kappa shape index (κ1) is 17.2. The maximum Gasteiger partial charge on any atom is 0.229 e. The first-order valence-corrected chi connectivity index (χ1v) is 8.96. The lowest BCUT2D eigenvalue weighted by molar-refractivity contribution is 1.11. The predicted octanol–water partition coefficient (Wildman–Crippen LogP) is 5.78. The Morgan fingerprint density at radius 2 is 1.63 bits per heavy atom. The van der Waals surface area contributed by atoms with E-state index in [1.807, 2.05) is 68.4 Å². The zero-order valence-electron chi connectivity index (χ0n) is 15.0. The Kier molecular flexibility index (Phi) is 4.60. The van der Waals surface area contributed by atoms with Gasteiger partial charge in [-0.2, -0.15) is 4.98 Å². The molecule has 0 amide bonds. The number of benzene rings is 2. The summed E-state index contributed by atoms with van der Waals surface area (Å²) in [6, 6.07) is 17.6. The minimum absolute atomic E-state index is 0.510. The Balaban J connectivity index is 1.67. The molecule has 2 N–H and O–H groups in total. The van der Waals surface area contributed by atoms with E-state index < -0.39 is 0 Å². The van der Waals surface area contributed by atoms with Crippen LogP contribution in [-0.2, 0) is 0 Å². The minimum atomic E-state index is 0.510. The third-order valence-corrected chi connectivity index (χ3v) is 4.67. The normalized spacial score (nSPS) is 10.8. The molecule has 0 aliphatic heterocycles. The van der Waals surface area contributed by atoms with Crippen LogP contribution in [0.1, 0.15) is 11.3 Å². The van der Waals surface area contributed by atoms with Crippen molar-refractivity contribution in [3.63, 3.8) is 0 Å². The third kappa shape index (κ3) is 3.68. The molecule has 2 aromatic heterocycles. The lowest BCUT2D eigenvalue weighted by Crippen LogP contribution is -2.03. The summed E-state index contributed by atoms with van der Waals surface area (Å²) in [5, 5.41) is 8.39. The van der Waals surface area contributed by atoms with Gasteiger partial charge in [0.05, 0.1) is 11.2 Å². The van der Waals surface area contributed by atoms with Crippen LogP contribution in [0.4, 0.5) is 23.1 Å². The van der Waals surface area contributed by atoms with Crippen LogP contribution >= 0.6 is 11.6 Å². The van der Waals surface area contributed by atoms with E-state index in [1.54, 1.807) is 6.20 Å². The van der Waals surface area contributed by atoms with Gasteiger partial charge in [0, 0.05) is 34.1 Å². The molecule has 0 atom stereocenters. The molecule has 0 aliphatic carbocycles. The Morgan fingerprint density at radius 3 is 2.52 bits per heavy atom. The van der Waals surface area contributed by atoms with Crippen LogP contribution in [0, 0.1) is 13.8 Å². The molecular weight excluding hydrogens is 358 g/mol. The number of fused-ring (bicyclic) bond motifs is 1. The van der Waals surface area contributed by atoms with Crippen molar-refractivity contribution < 1.29 is 0 Å². The highest BCUT2D eigenvalue weighted by molar-refractivity contribution is 6.31. The van der Waals surface area contributed by atoms with Gasteiger partial charge in [-0.25, -0.2) is 4.98 Å². The third-order valence-electron chi connectivity index (χ3n) is 4.26. The van der Waals surface area contributed by atoms with E-state index in [4.69, 9.17) is 11.6 Å². The number of pyridine rings is 1. The van der Waals surface area contributed by atoms with Gasteiger partial charge in [0.25, 0.3) is 0 Å². The average Bonchev–Trinajstić information content (AvgIpc) is 2.65. The number of hydrogen-bond donors (Lipinski definition) is 2. The van der Waals surface area contributed by atoms with Crippen molar-refractivity contribution in [2.75, 3.05) is 10.6 Å². The van der Waals surface area contributed by atoms with Crippen LogP contribution in [0.5, 0.6) is 0 Å². The van der Waals surface area contributed by atoms with Crippen LogP contribution in [0.3, 0.4) is 0 Å². The monoisotopic (exact) mass is 375 g/mol. The Morgan fingerprint density at radius 1 is 0.852 bits per heavy atom. The highest BCUT2D eigenvalue weighted by atomic mass is 35.5. The van der Waals surface area contributed by atoms with Crippen LogP contribution in [0.25, 0.3) is 10.9 Å². The SMILES string of the molecule is Cc1cc(Nc2cccc(Cl)c2C)nc(Nc2cccc3cccnc23)n1. The Hall–Kier alpha value is -3.18. The van der Waals surface area contributed by atoms with Crippen molar-refractivity contribution in [2.45, 2.75) is 13.8 Å². The van der Waals surface area contributed by atoms with Gasteiger partial charge in [-0.15, -0.1) is 0 Å². The number of para-hydroxylation sites is 1. The molecule has 0 bridgehead atoms. The Bertz CT molecular complexity index is 1120. The maximum atomic E-state index is 6.21. The second-order valence-electron chi connectivity index (χ2n) is 6.26. The number of rotatable bonds is 4. The van der Waals surface area contributed by atoms with Crippen molar-refractivity contribution in [3.8, 4) is 0 Å². The summed E-state index contributed by atoms with van der Waals surface area (Å²) in [5.74, 6) is 1.21. The zero-order valence-corrected chi connectivity index (χ0v) is 15.7. The molecule has 0 aliphatic rings. The molecule has 27 heavy (non-hydrogen) atoms. The van der Waals surface area contributed by atoms with Crippen LogP contribution in [0.2, 0.25) is 5.02 Å². The van der Waals surface area contributed by atoms with Crippen molar-refractivity contribution >= 4 is 45.6 Å². The molecule has 0 saturated heterocycles. The van der Waals surface area contributed by atoms with Crippen LogP contribution < -0.4 is 10.6 Å². The maximum absolute atomic E-state index is 6.21. The molecule has 0 spiro atoms. The number of hydrogen-bond acceptors (Lipinski definition) is 5. The first-order chi connectivity index (χ1) is 13.1. The van der Waals surface area contributed by atoms with E-state index in [-0.39, 0.29) is 0 Å². The Labute approximate surface area is 162 Å². The van der Waals surface area contributed by atoms with E-state index in [9.17, 15) is 0 Å². The predicted molar refractivity (Wildman–Crippen MR) is 111 cm³/mol. The summed E-state index contributed by atoms with van der Waals surface area (Å²) < 4.78 is 0. The van der Waals surface area contributed by atoms with Gasteiger partial charge < -0.3 is 10.6 Å². The van der Waals surface area contributed by atoms with Gasteiger partial charge in [0.1, 0.15) is 5.82 Å². The van der Waals surface area contributed by atoms with Gasteiger partial charge in [-0.05, 0) is 43.7 Å². The highest BCUT2D eigenvalue weighted by Gasteiger charge is 2.08. The molecule has 4 rings (SSSR count). The van der Waals surface area contributed by atoms with E-state index in [0.29, 0.717) is 16.8 Å². The first-order valence-electron chi connectivity index (χ1n) is 8.59. The van der Waals surface area contributed by atoms with E-state index in [0.717, 1.165) is 33.5 Å². The lowest BCUT2D eigenvalue weighted by atomic mass is 10.2. The fraction of sp³-hybridized carbons (Fsp3) is 0.0952. The molecule has 0 fully saturated rings. The highest BCUT2D eigenvalue weighted by Crippen LogP contribution is 2.27. The summed E-state index contributed by atoms with van der Waals surface area (Å²) >= 11 is 6.21. The second-order valence-corrected chi connectivity index (χ2v) is 6.67. The molecule has 134 valence electrons. The van der Waals surface area contributed by atoms with Crippen LogP contribution in [0.15, 0.2) is 60.8 Å². The summed E-state index contributed by atoms with van der Waals surface area (Å²) in [7, 11) is 0. The molecule has 0 radical (unpaired) electrons. The lowest BCUT2D eigenvalue weighted by Gasteiger charge is -2.13. The largest absolute Gasteiger partial charge is 0.340 e. The number of nitrogens with zero attached hydrogens (tertiary/aromatic N) is 3. The minimum Gasteiger partial charge on any atom is -0.340 e. The molecule has 2 aromatic carbocycles. The topological polar surface area (TPSA) is 62.7 Å². The van der Waals surface area contributed by atoms with E-state index in [2.05, 4.69) is 25.6 Å². The summed E-state index contributed by atoms with van der Waals surface area (Å²) in [6.07, 6.45) is 1.78. The van der Waals surface area contributed by atoms with Gasteiger partial charge in [0.2, 0.25) is 5.95 Å².